The summed E-state index contributed by atoms with van der Waals surface area (Å²) in [6.07, 6.45) is 1.24. The lowest BCUT2D eigenvalue weighted by Crippen LogP contribution is -2.25. The standard InChI is InChI=1S/C6H7N3O2S/c1-3-2-9(11)5(7)4(8-3)6(10)12/h2,7,11H,1H3,(H,10,12). The van der Waals surface area contributed by atoms with Crippen molar-refractivity contribution in [1.82, 2.24) is 9.71 Å². The first-order valence-electron chi connectivity index (χ1n) is 3.10. The molecule has 1 rings (SSSR count). The van der Waals surface area contributed by atoms with Crippen molar-refractivity contribution in [3.05, 3.63) is 23.1 Å². The van der Waals surface area contributed by atoms with Gasteiger partial charge >= 0.3 is 0 Å². The third-order valence-corrected chi connectivity index (χ3v) is 1.47. The Morgan fingerprint density at radius 3 is 2.92 bits per heavy atom. The summed E-state index contributed by atoms with van der Waals surface area (Å²) < 4.78 is 0.534. The van der Waals surface area contributed by atoms with Gasteiger partial charge in [-0.3, -0.25) is 10.2 Å². The quantitative estimate of drug-likeness (QED) is 0.425. The zero-order valence-electron chi connectivity index (χ0n) is 6.27. The minimum Gasteiger partial charge on any atom is -0.427 e. The molecule has 1 aromatic heterocycles. The van der Waals surface area contributed by atoms with E-state index in [0.717, 1.165) is 0 Å². The third kappa shape index (κ3) is 1.48. The lowest BCUT2D eigenvalue weighted by atomic mass is 10.4. The van der Waals surface area contributed by atoms with Gasteiger partial charge in [0.15, 0.2) is 11.2 Å². The number of hydrogen-bond donors (Lipinski definition) is 3. The summed E-state index contributed by atoms with van der Waals surface area (Å²) in [7, 11) is 0. The Kier molecular flexibility index (Phi) is 2.18. The smallest absolute Gasteiger partial charge is 0.238 e. The average molecular weight is 185 g/mol. The molecule has 1 aromatic rings. The van der Waals surface area contributed by atoms with Crippen molar-refractivity contribution >= 4 is 17.7 Å². The van der Waals surface area contributed by atoms with Gasteiger partial charge in [0.25, 0.3) is 0 Å². The fraction of sp³-hybridized carbons (Fsp3) is 0.167. The molecule has 5 nitrogen and oxygen atoms in total. The van der Waals surface area contributed by atoms with Crippen molar-refractivity contribution < 1.29 is 10.0 Å². The van der Waals surface area contributed by atoms with Gasteiger partial charge in [-0.2, -0.15) is 4.73 Å². The zero-order chi connectivity index (χ0) is 9.30. The molecule has 64 valence electrons. The number of rotatable bonds is 1. The summed E-state index contributed by atoms with van der Waals surface area (Å²) in [6.45, 7) is 1.60. The van der Waals surface area contributed by atoms with E-state index in [1.165, 1.54) is 6.20 Å². The number of thiol groups is 1. The summed E-state index contributed by atoms with van der Waals surface area (Å²) in [5.41, 5.74) is -0.0627. The number of aryl methyl sites for hydroxylation is 1. The van der Waals surface area contributed by atoms with E-state index in [-0.39, 0.29) is 11.2 Å². The second-order valence-electron chi connectivity index (χ2n) is 2.23. The van der Waals surface area contributed by atoms with Gasteiger partial charge in [0.05, 0.1) is 11.9 Å². The van der Waals surface area contributed by atoms with Crippen LogP contribution in [0.2, 0.25) is 0 Å². The summed E-state index contributed by atoms with van der Waals surface area (Å²) in [5, 5.41) is 15.6. The Morgan fingerprint density at radius 1 is 1.83 bits per heavy atom. The molecular formula is C6H7N3O2S. The van der Waals surface area contributed by atoms with Crippen LogP contribution < -0.4 is 5.49 Å². The number of hydrogen-bond acceptors (Lipinski definition) is 4. The van der Waals surface area contributed by atoms with Crippen molar-refractivity contribution in [3.8, 4) is 0 Å². The predicted octanol–water partition coefficient (Wildman–Crippen LogP) is -0.0217. The fourth-order valence-corrected chi connectivity index (χ4v) is 0.913. The van der Waals surface area contributed by atoms with Gasteiger partial charge in [-0.25, -0.2) is 4.98 Å². The summed E-state index contributed by atoms with van der Waals surface area (Å²) >= 11 is 3.51. The fourth-order valence-electron chi connectivity index (χ4n) is 0.757. The molecule has 0 saturated heterocycles. The van der Waals surface area contributed by atoms with Crippen molar-refractivity contribution in [2.75, 3.05) is 0 Å². The largest absolute Gasteiger partial charge is 0.427 e. The Bertz CT molecular complexity index is 385. The molecule has 0 aliphatic rings. The van der Waals surface area contributed by atoms with Crippen LogP contribution in [0.15, 0.2) is 6.20 Å². The van der Waals surface area contributed by atoms with E-state index in [1.807, 2.05) is 0 Å². The summed E-state index contributed by atoms with van der Waals surface area (Å²) in [4.78, 5) is 14.5. The molecule has 1 heterocycles. The third-order valence-electron chi connectivity index (χ3n) is 1.25. The van der Waals surface area contributed by atoms with Crippen LogP contribution in [-0.2, 0) is 0 Å². The molecule has 0 fully saturated rings. The molecule has 0 saturated carbocycles. The van der Waals surface area contributed by atoms with E-state index in [0.29, 0.717) is 10.4 Å². The molecule has 0 unspecified atom stereocenters. The van der Waals surface area contributed by atoms with Gasteiger partial charge in [-0.05, 0) is 6.92 Å². The van der Waals surface area contributed by atoms with Gasteiger partial charge in [0.2, 0.25) is 5.12 Å². The highest BCUT2D eigenvalue weighted by Gasteiger charge is 2.07. The van der Waals surface area contributed by atoms with Gasteiger partial charge in [0.1, 0.15) is 0 Å². The number of carbonyl (C=O) groups excluding carboxylic acids is 1. The maximum absolute atomic E-state index is 10.7. The first-order valence-corrected chi connectivity index (χ1v) is 3.54. The van der Waals surface area contributed by atoms with Crippen LogP contribution in [0.4, 0.5) is 0 Å². The van der Waals surface area contributed by atoms with Crippen molar-refractivity contribution in [2.45, 2.75) is 6.92 Å². The minimum atomic E-state index is -0.633. The molecule has 2 N–H and O–H groups in total. The Balaban J connectivity index is 3.49. The Hall–Kier alpha value is -1.30. The van der Waals surface area contributed by atoms with Gasteiger partial charge < -0.3 is 5.21 Å². The molecule has 0 amide bonds. The molecular weight excluding hydrogens is 178 g/mol. The highest BCUT2D eigenvalue weighted by molar-refractivity contribution is 7.97. The summed E-state index contributed by atoms with van der Waals surface area (Å²) in [5.74, 6) is 0. The molecule has 0 bridgehead atoms. The lowest BCUT2D eigenvalue weighted by molar-refractivity contribution is 0.107. The second-order valence-corrected chi connectivity index (χ2v) is 2.64. The van der Waals surface area contributed by atoms with E-state index in [4.69, 9.17) is 10.6 Å². The van der Waals surface area contributed by atoms with E-state index >= 15 is 0 Å². The Labute approximate surface area is 73.6 Å². The van der Waals surface area contributed by atoms with Crippen LogP contribution in [0.5, 0.6) is 0 Å². The zero-order valence-corrected chi connectivity index (χ0v) is 7.17. The molecule has 0 aromatic carbocycles. The highest BCUT2D eigenvalue weighted by Crippen LogP contribution is 1.94. The molecule has 0 aliphatic heterocycles. The molecule has 0 atom stereocenters. The van der Waals surface area contributed by atoms with E-state index in [2.05, 4.69) is 17.6 Å². The van der Waals surface area contributed by atoms with Crippen LogP contribution in [0.1, 0.15) is 16.2 Å². The van der Waals surface area contributed by atoms with Crippen molar-refractivity contribution in [2.24, 2.45) is 0 Å². The minimum absolute atomic E-state index is 0.152. The van der Waals surface area contributed by atoms with E-state index in [9.17, 15) is 4.79 Å². The number of aromatic nitrogens is 2. The molecule has 0 spiro atoms. The normalized spacial score (nSPS) is 9.83. The summed E-state index contributed by atoms with van der Waals surface area (Å²) in [6, 6.07) is 0. The Morgan fingerprint density at radius 2 is 2.42 bits per heavy atom. The maximum atomic E-state index is 10.7. The highest BCUT2D eigenvalue weighted by atomic mass is 32.1. The monoisotopic (exact) mass is 185 g/mol. The predicted molar refractivity (Wildman–Crippen MR) is 43.3 cm³/mol. The molecule has 6 heteroatoms. The van der Waals surface area contributed by atoms with Crippen LogP contribution in [0.3, 0.4) is 0 Å². The number of nitrogens with zero attached hydrogens (tertiary/aromatic N) is 2. The average Bonchev–Trinajstić information content (AvgIpc) is 1.96. The van der Waals surface area contributed by atoms with E-state index < -0.39 is 5.12 Å². The van der Waals surface area contributed by atoms with Crippen molar-refractivity contribution in [1.29, 1.82) is 5.41 Å². The molecule has 12 heavy (non-hydrogen) atoms. The first-order chi connectivity index (χ1) is 5.52. The molecule has 0 radical (unpaired) electrons. The second kappa shape index (κ2) is 2.98. The lowest BCUT2D eigenvalue weighted by Gasteiger charge is -2.01. The topological polar surface area (TPSA) is 79.0 Å². The van der Waals surface area contributed by atoms with Gasteiger partial charge in [0, 0.05) is 0 Å². The van der Waals surface area contributed by atoms with Crippen molar-refractivity contribution in [3.63, 3.8) is 0 Å². The van der Waals surface area contributed by atoms with Crippen LogP contribution in [-0.4, -0.2) is 20.0 Å². The SMILES string of the molecule is Cc1cn(O)c(=N)c(C(=O)S)n1. The van der Waals surface area contributed by atoms with Gasteiger partial charge in [-0.15, -0.1) is 0 Å². The van der Waals surface area contributed by atoms with Crippen LogP contribution in [0, 0.1) is 12.3 Å². The molecule has 0 aliphatic carbocycles. The number of nitrogens with one attached hydrogen (secondary N) is 1. The van der Waals surface area contributed by atoms with Crippen LogP contribution in [0.25, 0.3) is 0 Å². The number of carbonyl (C=O) groups is 1. The first kappa shape index (κ1) is 8.79. The van der Waals surface area contributed by atoms with Gasteiger partial charge in [-0.1, -0.05) is 12.6 Å². The van der Waals surface area contributed by atoms with E-state index in [1.54, 1.807) is 6.92 Å². The van der Waals surface area contributed by atoms with Crippen LogP contribution >= 0.6 is 12.6 Å². The maximum Gasteiger partial charge on any atom is 0.238 e.